The molecule has 1 fully saturated rings. The third-order valence-corrected chi connectivity index (χ3v) is 17.9. The molecule has 1 aliphatic rings. The van der Waals surface area contributed by atoms with Crippen LogP contribution in [0.2, 0.25) is 0 Å². The number of carbonyl (C=O) groups is 13. The Labute approximate surface area is 631 Å². The average Bonchev–Trinajstić information content (AvgIpc) is 1.76. The van der Waals surface area contributed by atoms with Gasteiger partial charge in [-0.1, -0.05) is 44.2 Å². The molecule has 12 amide bonds. The molecule has 3 aromatic rings. The number of carbonyl (C=O) groups excluding carboxylic acids is 12. The van der Waals surface area contributed by atoms with Gasteiger partial charge in [0.2, 0.25) is 70.9 Å². The topological polar surface area (TPSA) is 644 Å². The van der Waals surface area contributed by atoms with E-state index in [0.29, 0.717) is 47.7 Å². The number of nitrogens with zero attached hydrogens (tertiary/aromatic N) is 3. The molecule has 0 radical (unpaired) electrons. The summed E-state index contributed by atoms with van der Waals surface area (Å²) < 4.78 is 0. The zero-order chi connectivity index (χ0) is 81.4. The molecule has 0 bridgehead atoms. The standard InChI is InChI=1S/C70H111N21O18/c1-36(2)30-49(86-65(105)53-21-15-29-91(53)54(96)34-90(7)70(75)76)62(102)79-38(4)58(98)84-50(31-41-22-24-43(95)25-23-41)64(104)85-51(32-42-33-78-45-17-9-8-16-44(42)45)63(103)80-37(3)57(97)81-48(20-14-28-77-69(73)74)59(99)82-47(19-11-13-27-72)61(101)88-56(40(6)94)67(107)89-55(39(5)93)66(106)83-46(18-10-12-26-71)60(100)87-52(35-92)68(108)109/h8-9,16-17,22-25,33,36-40,46-53,55-56,78,92-95H,10-15,18-21,26-32,34-35,71-72H2,1-7H3,(H3,75,76)(H,79,102)(H,80,103)(H,81,97)(H,82,99)(H,83,106)(H,84,98)(H,85,104)(H,86,105)(H,87,100)(H,88,101)(H,89,107)(H,108,109)(H4,73,74,77)/t37-,38-,39+,40+,46-,47-,48-,49-,50-,51-,52-,53-,55-,56-/m0/s1. The number of aromatic nitrogens is 1. The van der Waals surface area contributed by atoms with Gasteiger partial charge in [-0.15, -0.1) is 0 Å². The number of likely N-dealkylation sites (tertiary alicyclic amines) is 1. The molecule has 0 spiro atoms. The lowest BCUT2D eigenvalue weighted by atomic mass is 10.0. The summed E-state index contributed by atoms with van der Waals surface area (Å²) >= 11 is 0. The minimum absolute atomic E-state index is 0.0316. The number of aliphatic carboxylic acids is 1. The first-order valence-electron chi connectivity index (χ1n) is 36.2. The molecular formula is C70H111N21O18. The Bertz CT molecular complexity index is 3630. The molecule has 1 aliphatic heterocycles. The lowest BCUT2D eigenvalue weighted by Gasteiger charge is -2.29. The van der Waals surface area contributed by atoms with Crippen LogP contribution < -0.4 is 87.2 Å². The maximum absolute atomic E-state index is 14.9. The van der Waals surface area contributed by atoms with Crippen molar-refractivity contribution < 1.29 is 87.9 Å². The van der Waals surface area contributed by atoms with Crippen LogP contribution >= 0.6 is 0 Å². The summed E-state index contributed by atoms with van der Waals surface area (Å²) in [6.45, 7) is 7.72. The van der Waals surface area contributed by atoms with E-state index in [9.17, 15) is 87.9 Å². The quantitative estimate of drug-likeness (QED) is 0.0142. The zero-order valence-corrected chi connectivity index (χ0v) is 62.6. The number of aliphatic hydroxyl groups excluding tert-OH is 3. The maximum atomic E-state index is 14.9. The summed E-state index contributed by atoms with van der Waals surface area (Å²) in [6, 6.07) is -5.40. The van der Waals surface area contributed by atoms with E-state index in [2.05, 4.69) is 68.5 Å². The van der Waals surface area contributed by atoms with Crippen molar-refractivity contribution in [2.24, 2.45) is 39.6 Å². The third-order valence-electron chi connectivity index (χ3n) is 17.9. The van der Waals surface area contributed by atoms with Crippen molar-refractivity contribution in [2.75, 3.05) is 46.4 Å². The second kappa shape index (κ2) is 45.1. The van der Waals surface area contributed by atoms with E-state index < -0.39 is 168 Å². The van der Waals surface area contributed by atoms with E-state index in [-0.39, 0.29) is 114 Å². The largest absolute Gasteiger partial charge is 0.508 e. The molecule has 0 saturated carbocycles. The van der Waals surface area contributed by atoms with Gasteiger partial charge in [0, 0.05) is 50.1 Å². The highest BCUT2D eigenvalue weighted by Gasteiger charge is 2.40. The van der Waals surface area contributed by atoms with Gasteiger partial charge in [0.1, 0.15) is 78.3 Å². The number of aliphatic imine (C=N–C) groups is 1. The highest BCUT2D eigenvalue weighted by atomic mass is 16.4. The molecule has 109 heavy (non-hydrogen) atoms. The minimum atomic E-state index is -1.90. The number of carboxylic acid groups (broad SMARTS) is 1. The smallest absolute Gasteiger partial charge is 0.328 e. The van der Waals surface area contributed by atoms with Crippen LogP contribution in [0.25, 0.3) is 10.9 Å². The number of unbranched alkanes of at least 4 members (excludes halogenated alkanes) is 2. The lowest BCUT2D eigenvalue weighted by molar-refractivity contribution is -0.143. The second-order valence-corrected chi connectivity index (χ2v) is 27.4. The fourth-order valence-corrected chi connectivity index (χ4v) is 11.7. The van der Waals surface area contributed by atoms with E-state index in [1.54, 1.807) is 30.5 Å². The number of H-pyrrole nitrogens is 1. The van der Waals surface area contributed by atoms with Crippen LogP contribution in [0.1, 0.15) is 123 Å². The molecular weight excluding hydrogens is 1420 g/mol. The Morgan fingerprint density at radius 2 is 1.04 bits per heavy atom. The van der Waals surface area contributed by atoms with Crippen molar-refractivity contribution in [1.29, 1.82) is 5.41 Å². The van der Waals surface area contributed by atoms with Crippen molar-refractivity contribution in [3.05, 3.63) is 65.9 Å². The molecule has 1 saturated heterocycles. The number of aliphatic hydroxyl groups is 3. The summed E-state index contributed by atoms with van der Waals surface area (Å²) in [5, 5.41) is 86.8. The molecule has 4 rings (SSSR count). The molecule has 604 valence electrons. The number of carboxylic acids is 1. The van der Waals surface area contributed by atoms with Crippen molar-refractivity contribution in [1.82, 2.24) is 73.3 Å². The normalized spacial score (nSPS) is 16.2. The predicted octanol–water partition coefficient (Wildman–Crippen LogP) is -5.96. The Morgan fingerprint density at radius 3 is 1.56 bits per heavy atom. The van der Waals surface area contributed by atoms with E-state index >= 15 is 0 Å². The number of benzene rings is 2. The number of phenols is 1. The van der Waals surface area contributed by atoms with Crippen LogP contribution in [-0.4, -0.2) is 260 Å². The molecule has 1 aromatic heterocycles. The third kappa shape index (κ3) is 29.7. The number of aromatic amines is 1. The SMILES string of the molecule is CC(C)C[C@H](NC(=O)[C@@H]1CCCN1C(=O)CN(C)C(=N)N)C(=O)N[C@@H](C)C(=O)N[C@@H](Cc1ccc(O)cc1)C(=O)N[C@@H](Cc1c[nH]c2ccccc12)C(=O)N[C@@H](C)C(=O)N[C@@H](CCCN=C(N)N)C(=O)N[C@@H](CCCCN)C(=O)N[C@H](C(=O)N[C@H](C(=O)N[C@@H](CCCCN)C(=O)N[C@@H](CO)C(=O)O)[C@@H](C)O)[C@@H](C)O. The van der Waals surface area contributed by atoms with E-state index in [4.69, 9.17) is 34.1 Å². The van der Waals surface area contributed by atoms with Gasteiger partial charge in [0.25, 0.3) is 0 Å². The molecule has 28 N–H and O–H groups in total. The molecule has 39 heteroatoms. The van der Waals surface area contributed by atoms with E-state index in [0.717, 1.165) is 13.8 Å². The number of likely N-dealkylation sites (N-methyl/N-ethyl adjacent to an activating group) is 1. The van der Waals surface area contributed by atoms with Crippen LogP contribution in [0.4, 0.5) is 0 Å². The fraction of sp³-hybridized carbons (Fsp3) is 0.586. The summed E-state index contributed by atoms with van der Waals surface area (Å²) in [5.74, 6) is -13.5. The number of guanidine groups is 2. The van der Waals surface area contributed by atoms with Crippen molar-refractivity contribution >= 4 is 99.7 Å². The number of amides is 12. The maximum Gasteiger partial charge on any atom is 0.328 e. The number of para-hydroxylation sites is 1. The Kier molecular flexibility index (Phi) is 37.5. The molecule has 14 atom stereocenters. The average molecular weight is 1530 g/mol. The Hall–Kier alpha value is -10.8. The summed E-state index contributed by atoms with van der Waals surface area (Å²) in [6.07, 6.45) is -0.704. The van der Waals surface area contributed by atoms with E-state index in [1.807, 2.05) is 13.8 Å². The zero-order valence-electron chi connectivity index (χ0n) is 62.6. The van der Waals surface area contributed by atoms with Crippen LogP contribution in [0.15, 0.2) is 59.7 Å². The van der Waals surface area contributed by atoms with Gasteiger partial charge >= 0.3 is 5.97 Å². The number of aromatic hydroxyl groups is 1. The predicted molar refractivity (Wildman–Crippen MR) is 399 cm³/mol. The number of hydrogen-bond acceptors (Lipinski definition) is 21. The van der Waals surface area contributed by atoms with Crippen LogP contribution in [0.3, 0.4) is 0 Å². The van der Waals surface area contributed by atoms with Crippen LogP contribution in [0.5, 0.6) is 5.75 Å². The number of hydrogen-bond donors (Lipinski definition) is 23. The number of phenolic OH excluding ortho intramolecular Hbond substituents is 1. The molecule has 0 aliphatic carbocycles. The van der Waals surface area contributed by atoms with Gasteiger partial charge in [-0.05, 0) is 147 Å². The Balaban J connectivity index is 1.61. The lowest BCUT2D eigenvalue weighted by Crippen LogP contribution is -2.63. The van der Waals surface area contributed by atoms with Gasteiger partial charge in [0.05, 0.1) is 25.4 Å². The minimum Gasteiger partial charge on any atom is -0.508 e. The van der Waals surface area contributed by atoms with Gasteiger partial charge < -0.3 is 127 Å². The summed E-state index contributed by atoms with van der Waals surface area (Å²) in [7, 11) is 1.46. The van der Waals surface area contributed by atoms with Crippen molar-refractivity contribution in [2.45, 2.75) is 210 Å². The number of nitrogens with two attached hydrogens (primary N) is 5. The fourth-order valence-electron chi connectivity index (χ4n) is 11.7. The van der Waals surface area contributed by atoms with Crippen LogP contribution in [0, 0.1) is 11.3 Å². The van der Waals surface area contributed by atoms with Crippen molar-refractivity contribution in [3.8, 4) is 5.75 Å². The molecule has 0 unspecified atom stereocenters. The second-order valence-electron chi connectivity index (χ2n) is 27.4. The summed E-state index contributed by atoms with van der Waals surface area (Å²) in [4.78, 5) is 191. The number of rotatable bonds is 46. The highest BCUT2D eigenvalue weighted by molar-refractivity contribution is 6.00. The van der Waals surface area contributed by atoms with Gasteiger partial charge in [-0.3, -0.25) is 67.9 Å². The van der Waals surface area contributed by atoms with E-state index in [1.165, 1.54) is 55.0 Å². The molecule has 2 heterocycles. The van der Waals surface area contributed by atoms with Gasteiger partial charge in [-0.25, -0.2) is 4.79 Å². The molecule has 39 nitrogen and oxygen atoms in total. The summed E-state index contributed by atoms with van der Waals surface area (Å²) in [5.41, 5.74) is 29.7. The van der Waals surface area contributed by atoms with Crippen molar-refractivity contribution in [3.63, 3.8) is 0 Å². The monoisotopic (exact) mass is 1530 g/mol. The first-order valence-corrected chi connectivity index (χ1v) is 36.2. The molecule has 2 aromatic carbocycles. The first kappa shape index (κ1) is 90.6. The van der Waals surface area contributed by atoms with Gasteiger partial charge in [0.15, 0.2) is 11.9 Å². The highest BCUT2D eigenvalue weighted by Crippen LogP contribution is 2.22. The number of fused-ring (bicyclic) bond motifs is 1. The van der Waals surface area contributed by atoms with Crippen LogP contribution in [-0.2, 0) is 75.2 Å². The van der Waals surface area contributed by atoms with Gasteiger partial charge in [-0.2, -0.15) is 0 Å². The Morgan fingerprint density at radius 1 is 0.578 bits per heavy atom. The number of nitrogens with one attached hydrogen (secondary N) is 13. The first-order chi connectivity index (χ1) is 51.5.